The summed E-state index contributed by atoms with van der Waals surface area (Å²) in [4.78, 5) is 0. The smallest absolute Gasteiger partial charge is 0.159 e. The highest BCUT2D eigenvalue weighted by Gasteiger charge is 2.32. The van der Waals surface area contributed by atoms with Gasteiger partial charge in [-0.1, -0.05) is 67.6 Å². The van der Waals surface area contributed by atoms with Gasteiger partial charge in [0.05, 0.1) is 11.8 Å². The Bertz CT molecular complexity index is 654. The lowest BCUT2D eigenvalue weighted by molar-refractivity contribution is 0.560. The largest absolute Gasteiger partial charge is 0.323 e. The summed E-state index contributed by atoms with van der Waals surface area (Å²) in [5.74, 6) is 0.146. The van der Waals surface area contributed by atoms with Crippen LogP contribution in [0, 0.1) is 0 Å². The molecule has 0 amide bonds. The first-order chi connectivity index (χ1) is 10.1. The lowest BCUT2D eigenvalue weighted by atomic mass is 9.99. The fourth-order valence-corrected chi connectivity index (χ4v) is 4.54. The summed E-state index contributed by atoms with van der Waals surface area (Å²) < 4.78 is 25.3. The van der Waals surface area contributed by atoms with E-state index < -0.39 is 21.1 Å². The molecular weight excluding hydrogens is 282 g/mol. The van der Waals surface area contributed by atoms with E-state index in [0.717, 1.165) is 11.1 Å². The normalized spacial score (nSPS) is 14.6. The number of hydrogen-bond donors (Lipinski definition) is 1. The van der Waals surface area contributed by atoms with Gasteiger partial charge < -0.3 is 5.73 Å². The van der Waals surface area contributed by atoms with Crippen molar-refractivity contribution in [1.82, 2.24) is 0 Å². The van der Waals surface area contributed by atoms with E-state index in [1.54, 1.807) is 0 Å². The van der Waals surface area contributed by atoms with Gasteiger partial charge in [0.1, 0.15) is 5.25 Å². The van der Waals surface area contributed by atoms with Gasteiger partial charge in [0, 0.05) is 0 Å². The maximum absolute atomic E-state index is 12.7. The van der Waals surface area contributed by atoms with Gasteiger partial charge in [0.15, 0.2) is 9.84 Å². The van der Waals surface area contributed by atoms with Gasteiger partial charge in [0.25, 0.3) is 0 Å². The van der Waals surface area contributed by atoms with Crippen molar-refractivity contribution in [2.45, 2.75) is 24.6 Å². The van der Waals surface area contributed by atoms with Crippen molar-refractivity contribution >= 4 is 9.84 Å². The van der Waals surface area contributed by atoms with Gasteiger partial charge in [0.2, 0.25) is 0 Å². The topological polar surface area (TPSA) is 60.2 Å². The minimum atomic E-state index is -3.30. The fourth-order valence-electron chi connectivity index (χ4n) is 2.54. The van der Waals surface area contributed by atoms with Crippen molar-refractivity contribution in [2.24, 2.45) is 5.73 Å². The summed E-state index contributed by atoms with van der Waals surface area (Å²) in [7, 11) is -3.30. The van der Waals surface area contributed by atoms with Crippen LogP contribution in [0.4, 0.5) is 0 Å². The molecule has 0 aliphatic rings. The number of benzene rings is 2. The van der Waals surface area contributed by atoms with Crippen molar-refractivity contribution in [1.29, 1.82) is 0 Å². The maximum atomic E-state index is 12.7. The summed E-state index contributed by atoms with van der Waals surface area (Å²) in [6.07, 6.45) is 0.590. The maximum Gasteiger partial charge on any atom is 0.159 e. The van der Waals surface area contributed by atoms with Crippen LogP contribution in [0.2, 0.25) is 0 Å². The van der Waals surface area contributed by atoms with Crippen molar-refractivity contribution in [3.8, 4) is 0 Å². The van der Waals surface area contributed by atoms with Crippen LogP contribution in [0.25, 0.3) is 0 Å². The van der Waals surface area contributed by atoms with E-state index in [4.69, 9.17) is 5.73 Å². The molecule has 0 aliphatic carbocycles. The van der Waals surface area contributed by atoms with Crippen LogP contribution < -0.4 is 5.73 Å². The average molecular weight is 303 g/mol. The van der Waals surface area contributed by atoms with E-state index in [0.29, 0.717) is 6.42 Å². The molecule has 4 heteroatoms. The predicted molar refractivity (Wildman–Crippen MR) is 86.6 cm³/mol. The SMILES string of the molecule is CCCS(=O)(=O)C(c1ccccc1)C(N)c1ccccc1. The molecule has 0 saturated carbocycles. The first kappa shape index (κ1) is 15.7. The van der Waals surface area contributed by atoms with Crippen molar-refractivity contribution in [2.75, 3.05) is 5.75 Å². The molecule has 0 radical (unpaired) electrons. The van der Waals surface area contributed by atoms with E-state index in [-0.39, 0.29) is 5.75 Å². The molecule has 21 heavy (non-hydrogen) atoms. The Balaban J connectivity index is 2.47. The molecule has 0 heterocycles. The van der Waals surface area contributed by atoms with E-state index in [2.05, 4.69) is 0 Å². The van der Waals surface area contributed by atoms with Crippen molar-refractivity contribution in [3.05, 3.63) is 71.8 Å². The molecule has 0 spiro atoms. The molecule has 3 nitrogen and oxygen atoms in total. The molecule has 2 aromatic rings. The van der Waals surface area contributed by atoms with E-state index >= 15 is 0 Å². The molecule has 2 aromatic carbocycles. The Hall–Kier alpha value is -1.65. The lowest BCUT2D eigenvalue weighted by Crippen LogP contribution is -2.28. The zero-order valence-electron chi connectivity index (χ0n) is 12.1. The van der Waals surface area contributed by atoms with E-state index in [1.807, 2.05) is 67.6 Å². The summed E-state index contributed by atoms with van der Waals surface area (Å²) in [5, 5.41) is -0.707. The third kappa shape index (κ3) is 3.71. The average Bonchev–Trinajstić information content (AvgIpc) is 2.49. The summed E-state index contributed by atoms with van der Waals surface area (Å²) >= 11 is 0. The molecule has 2 atom stereocenters. The number of rotatable bonds is 6. The number of nitrogens with two attached hydrogens (primary N) is 1. The second kappa shape index (κ2) is 6.87. The van der Waals surface area contributed by atoms with Crippen LogP contribution in [-0.2, 0) is 9.84 Å². The monoisotopic (exact) mass is 303 g/mol. The summed E-state index contributed by atoms with van der Waals surface area (Å²) in [6, 6.07) is 18.1. The molecule has 2 rings (SSSR count). The third-order valence-corrected chi connectivity index (χ3v) is 5.83. The summed E-state index contributed by atoms with van der Waals surface area (Å²) in [5.41, 5.74) is 7.90. The standard InChI is InChI=1S/C17H21NO2S/c1-2-13-21(19,20)17(15-11-7-4-8-12-15)16(18)14-9-5-3-6-10-14/h3-12,16-17H,2,13,18H2,1H3. The number of hydrogen-bond acceptors (Lipinski definition) is 3. The Morgan fingerprint density at radius 3 is 1.86 bits per heavy atom. The number of sulfone groups is 1. The highest BCUT2D eigenvalue weighted by Crippen LogP contribution is 2.34. The second-order valence-corrected chi connectivity index (χ2v) is 7.38. The minimum Gasteiger partial charge on any atom is -0.323 e. The Labute approximate surface area is 126 Å². The van der Waals surface area contributed by atoms with Gasteiger partial charge in [-0.3, -0.25) is 0 Å². The van der Waals surface area contributed by atoms with Gasteiger partial charge >= 0.3 is 0 Å². The minimum absolute atomic E-state index is 0.146. The van der Waals surface area contributed by atoms with Gasteiger partial charge in [-0.25, -0.2) is 8.42 Å². The molecule has 0 fully saturated rings. The van der Waals surface area contributed by atoms with Crippen LogP contribution in [0.3, 0.4) is 0 Å². The Kier molecular flexibility index (Phi) is 5.15. The first-order valence-corrected chi connectivity index (χ1v) is 8.85. The van der Waals surface area contributed by atoms with Crippen LogP contribution in [0.5, 0.6) is 0 Å². The Morgan fingerprint density at radius 1 is 0.905 bits per heavy atom. The highest BCUT2D eigenvalue weighted by molar-refractivity contribution is 7.91. The molecule has 112 valence electrons. The van der Waals surface area contributed by atoms with Crippen LogP contribution in [0.15, 0.2) is 60.7 Å². The van der Waals surface area contributed by atoms with E-state index in [9.17, 15) is 8.42 Å². The van der Waals surface area contributed by atoms with Crippen molar-refractivity contribution < 1.29 is 8.42 Å². The van der Waals surface area contributed by atoms with Gasteiger partial charge in [-0.15, -0.1) is 0 Å². The van der Waals surface area contributed by atoms with Crippen LogP contribution >= 0.6 is 0 Å². The molecule has 2 N–H and O–H groups in total. The third-order valence-electron chi connectivity index (χ3n) is 3.51. The quantitative estimate of drug-likeness (QED) is 0.891. The molecule has 0 aromatic heterocycles. The van der Waals surface area contributed by atoms with Crippen LogP contribution in [-0.4, -0.2) is 14.2 Å². The first-order valence-electron chi connectivity index (χ1n) is 7.13. The fraction of sp³-hybridized carbons (Fsp3) is 0.294. The molecular formula is C17H21NO2S. The zero-order valence-corrected chi connectivity index (χ0v) is 13.0. The molecule has 0 saturated heterocycles. The highest BCUT2D eigenvalue weighted by atomic mass is 32.2. The summed E-state index contributed by atoms with van der Waals surface area (Å²) in [6.45, 7) is 1.87. The molecule has 0 aliphatic heterocycles. The van der Waals surface area contributed by atoms with Gasteiger partial charge in [-0.2, -0.15) is 0 Å². The predicted octanol–water partition coefficient (Wildman–Crippen LogP) is 3.25. The second-order valence-electron chi connectivity index (χ2n) is 5.13. The molecule has 0 bridgehead atoms. The van der Waals surface area contributed by atoms with E-state index in [1.165, 1.54) is 0 Å². The van der Waals surface area contributed by atoms with Crippen molar-refractivity contribution in [3.63, 3.8) is 0 Å². The Morgan fingerprint density at radius 2 is 1.38 bits per heavy atom. The molecule has 2 unspecified atom stereocenters. The lowest BCUT2D eigenvalue weighted by Gasteiger charge is -2.24. The van der Waals surface area contributed by atoms with Crippen LogP contribution in [0.1, 0.15) is 35.8 Å². The zero-order chi connectivity index (χ0) is 15.3. The van der Waals surface area contributed by atoms with Gasteiger partial charge in [-0.05, 0) is 17.5 Å².